The zero-order chi connectivity index (χ0) is 10.4. The summed E-state index contributed by atoms with van der Waals surface area (Å²) < 4.78 is 2.26. The number of hydrogen-bond donors (Lipinski definition) is 1. The average Bonchev–Trinajstić information content (AvgIpc) is 2.43. The van der Waals surface area contributed by atoms with Gasteiger partial charge in [-0.3, -0.25) is 0 Å². The Balaban J connectivity index is 2.27. The molecule has 0 amide bonds. The van der Waals surface area contributed by atoms with E-state index in [1.807, 2.05) is 0 Å². The van der Waals surface area contributed by atoms with Crippen molar-refractivity contribution in [1.29, 1.82) is 0 Å². The van der Waals surface area contributed by atoms with Crippen molar-refractivity contribution in [3.05, 3.63) is 18.1 Å². The molecule has 3 rings (SSSR count). The largest absolute Gasteiger partial charge is 0.383 e. The van der Waals surface area contributed by atoms with Crippen LogP contribution >= 0.6 is 0 Å². The lowest BCUT2D eigenvalue weighted by Crippen LogP contribution is -2.16. The van der Waals surface area contributed by atoms with Crippen molar-refractivity contribution < 1.29 is 0 Å². The molecule has 0 spiro atoms. The first-order chi connectivity index (χ1) is 7.27. The van der Waals surface area contributed by atoms with Crippen molar-refractivity contribution in [2.45, 2.75) is 32.2 Å². The summed E-state index contributed by atoms with van der Waals surface area (Å²) in [6.07, 6.45) is 7.54. The van der Waals surface area contributed by atoms with Crippen LogP contribution in [0.15, 0.2) is 12.5 Å². The third kappa shape index (κ3) is 1.14. The topological polar surface area (TPSA) is 56.7 Å². The SMILES string of the molecule is Cc1cn(C2CCC2)c2ncnc(N)c12. The normalized spacial score (nSPS) is 16.9. The van der Waals surface area contributed by atoms with Crippen LogP contribution in [0.4, 0.5) is 5.82 Å². The zero-order valence-electron chi connectivity index (χ0n) is 8.77. The molecule has 1 aliphatic carbocycles. The van der Waals surface area contributed by atoms with Gasteiger partial charge in [0.2, 0.25) is 0 Å². The lowest BCUT2D eigenvalue weighted by atomic mass is 9.93. The summed E-state index contributed by atoms with van der Waals surface area (Å²) in [6, 6.07) is 0.621. The van der Waals surface area contributed by atoms with Gasteiger partial charge >= 0.3 is 0 Å². The fourth-order valence-electron chi connectivity index (χ4n) is 2.24. The van der Waals surface area contributed by atoms with Crippen LogP contribution < -0.4 is 5.73 Å². The molecule has 78 valence electrons. The minimum absolute atomic E-state index is 0.593. The van der Waals surface area contributed by atoms with Crippen LogP contribution in [0.25, 0.3) is 11.0 Å². The van der Waals surface area contributed by atoms with E-state index in [9.17, 15) is 0 Å². The number of fused-ring (bicyclic) bond motifs is 1. The van der Waals surface area contributed by atoms with Crippen LogP contribution in [-0.2, 0) is 0 Å². The predicted molar refractivity (Wildman–Crippen MR) is 59.6 cm³/mol. The molecule has 0 atom stereocenters. The molecule has 0 bridgehead atoms. The number of nitrogen functional groups attached to an aromatic ring is 1. The molecule has 2 aromatic rings. The van der Waals surface area contributed by atoms with Gasteiger partial charge in [-0.1, -0.05) is 0 Å². The highest BCUT2D eigenvalue weighted by Gasteiger charge is 2.22. The molecule has 0 radical (unpaired) electrons. The molecule has 0 aromatic carbocycles. The highest BCUT2D eigenvalue weighted by atomic mass is 15.1. The first-order valence-corrected chi connectivity index (χ1v) is 5.35. The van der Waals surface area contributed by atoms with E-state index >= 15 is 0 Å². The van der Waals surface area contributed by atoms with Crippen LogP contribution in [0.2, 0.25) is 0 Å². The molecule has 4 heteroatoms. The van der Waals surface area contributed by atoms with Gasteiger partial charge in [-0.05, 0) is 31.7 Å². The molecule has 0 aliphatic heterocycles. The van der Waals surface area contributed by atoms with E-state index in [4.69, 9.17) is 5.73 Å². The van der Waals surface area contributed by atoms with Crippen molar-refractivity contribution >= 4 is 16.9 Å². The van der Waals surface area contributed by atoms with Gasteiger partial charge in [0.25, 0.3) is 0 Å². The first-order valence-electron chi connectivity index (χ1n) is 5.35. The Morgan fingerprint density at radius 3 is 2.87 bits per heavy atom. The molecule has 2 N–H and O–H groups in total. The van der Waals surface area contributed by atoms with E-state index in [1.165, 1.54) is 24.8 Å². The molecule has 4 nitrogen and oxygen atoms in total. The standard InChI is InChI=1S/C11H14N4/c1-7-5-15(8-3-2-4-8)11-9(7)10(12)13-6-14-11/h5-6,8H,2-4H2,1H3,(H2,12,13,14). The summed E-state index contributed by atoms with van der Waals surface area (Å²) in [5.74, 6) is 0.593. The second-order valence-electron chi connectivity index (χ2n) is 4.26. The van der Waals surface area contributed by atoms with E-state index in [-0.39, 0.29) is 0 Å². The Kier molecular flexibility index (Phi) is 1.71. The summed E-state index contributed by atoms with van der Waals surface area (Å²) in [7, 11) is 0. The molecule has 1 saturated carbocycles. The summed E-state index contributed by atoms with van der Waals surface area (Å²) >= 11 is 0. The highest BCUT2D eigenvalue weighted by molar-refractivity contribution is 5.89. The quantitative estimate of drug-likeness (QED) is 0.770. The first kappa shape index (κ1) is 8.71. The number of hydrogen-bond acceptors (Lipinski definition) is 3. The smallest absolute Gasteiger partial charge is 0.145 e. The fourth-order valence-corrected chi connectivity index (χ4v) is 2.24. The lowest BCUT2D eigenvalue weighted by Gasteiger charge is -2.27. The third-order valence-corrected chi connectivity index (χ3v) is 3.30. The molecule has 1 fully saturated rings. The Labute approximate surface area is 88.1 Å². The van der Waals surface area contributed by atoms with Crippen molar-refractivity contribution in [3.8, 4) is 0 Å². The maximum atomic E-state index is 5.87. The van der Waals surface area contributed by atoms with E-state index in [0.29, 0.717) is 11.9 Å². The van der Waals surface area contributed by atoms with Crippen LogP contribution in [0.1, 0.15) is 30.9 Å². The fraction of sp³-hybridized carbons (Fsp3) is 0.455. The van der Waals surface area contributed by atoms with Crippen LogP contribution in [0.3, 0.4) is 0 Å². The Hall–Kier alpha value is -1.58. The van der Waals surface area contributed by atoms with Gasteiger partial charge < -0.3 is 10.3 Å². The number of nitrogens with two attached hydrogens (primary N) is 1. The number of nitrogens with zero attached hydrogens (tertiary/aromatic N) is 3. The van der Waals surface area contributed by atoms with Gasteiger partial charge in [-0.15, -0.1) is 0 Å². The van der Waals surface area contributed by atoms with E-state index in [2.05, 4.69) is 27.7 Å². The minimum Gasteiger partial charge on any atom is -0.383 e. The van der Waals surface area contributed by atoms with E-state index in [1.54, 1.807) is 6.33 Å². The minimum atomic E-state index is 0.593. The van der Waals surface area contributed by atoms with Crippen molar-refractivity contribution in [1.82, 2.24) is 14.5 Å². The number of aryl methyl sites for hydroxylation is 1. The highest BCUT2D eigenvalue weighted by Crippen LogP contribution is 2.35. The molecular weight excluding hydrogens is 188 g/mol. The maximum Gasteiger partial charge on any atom is 0.145 e. The second-order valence-corrected chi connectivity index (χ2v) is 4.26. The van der Waals surface area contributed by atoms with Gasteiger partial charge in [-0.25, -0.2) is 9.97 Å². The number of anilines is 1. The summed E-state index contributed by atoms with van der Waals surface area (Å²) in [4.78, 5) is 8.38. The van der Waals surface area contributed by atoms with E-state index in [0.717, 1.165) is 11.0 Å². The summed E-state index contributed by atoms with van der Waals surface area (Å²) in [5.41, 5.74) is 8.03. The summed E-state index contributed by atoms with van der Waals surface area (Å²) in [6.45, 7) is 2.07. The predicted octanol–water partition coefficient (Wildman–Crippen LogP) is 2.05. The molecular formula is C11H14N4. The molecule has 2 heterocycles. The van der Waals surface area contributed by atoms with Gasteiger partial charge in [0, 0.05) is 12.2 Å². The number of rotatable bonds is 1. The van der Waals surface area contributed by atoms with Crippen molar-refractivity contribution in [3.63, 3.8) is 0 Å². The van der Waals surface area contributed by atoms with Gasteiger partial charge in [0.05, 0.1) is 5.39 Å². The summed E-state index contributed by atoms with van der Waals surface area (Å²) in [5, 5.41) is 1.02. The maximum absolute atomic E-state index is 5.87. The molecule has 15 heavy (non-hydrogen) atoms. The van der Waals surface area contributed by atoms with Crippen LogP contribution in [0.5, 0.6) is 0 Å². The van der Waals surface area contributed by atoms with Gasteiger partial charge in [0.15, 0.2) is 0 Å². The van der Waals surface area contributed by atoms with E-state index < -0.39 is 0 Å². The van der Waals surface area contributed by atoms with Gasteiger partial charge in [0.1, 0.15) is 17.8 Å². The Bertz CT molecular complexity index is 511. The monoisotopic (exact) mass is 202 g/mol. The molecule has 0 saturated heterocycles. The number of aromatic nitrogens is 3. The van der Waals surface area contributed by atoms with Crippen molar-refractivity contribution in [2.75, 3.05) is 5.73 Å². The van der Waals surface area contributed by atoms with Crippen molar-refractivity contribution in [2.24, 2.45) is 0 Å². The molecule has 1 aliphatic rings. The average molecular weight is 202 g/mol. The molecule has 0 unspecified atom stereocenters. The Morgan fingerprint density at radius 1 is 1.40 bits per heavy atom. The van der Waals surface area contributed by atoms with Crippen LogP contribution in [0, 0.1) is 6.92 Å². The molecule has 2 aromatic heterocycles. The zero-order valence-corrected chi connectivity index (χ0v) is 8.77. The second kappa shape index (κ2) is 2.95. The van der Waals surface area contributed by atoms with Gasteiger partial charge in [-0.2, -0.15) is 0 Å². The lowest BCUT2D eigenvalue weighted by molar-refractivity contribution is 0.320. The van der Waals surface area contributed by atoms with Crippen LogP contribution in [-0.4, -0.2) is 14.5 Å². The third-order valence-electron chi connectivity index (χ3n) is 3.30. The Morgan fingerprint density at radius 2 is 2.20 bits per heavy atom.